The van der Waals surface area contributed by atoms with Crippen molar-refractivity contribution in [3.63, 3.8) is 0 Å². The number of carbonyl (C=O) groups excluding carboxylic acids is 1. The Bertz CT molecular complexity index is 581. The Balaban J connectivity index is 2.41. The van der Waals surface area contributed by atoms with E-state index in [1.54, 1.807) is 18.2 Å². The first kappa shape index (κ1) is 16.6. The summed E-state index contributed by atoms with van der Waals surface area (Å²) in [6.45, 7) is 3.95. The first-order valence-electron chi connectivity index (χ1n) is 6.45. The zero-order valence-electron chi connectivity index (χ0n) is 11.5. The molecule has 1 fully saturated rings. The number of carboxylic acids is 1. The van der Waals surface area contributed by atoms with E-state index >= 15 is 0 Å². The van der Waals surface area contributed by atoms with Crippen molar-refractivity contribution in [2.75, 3.05) is 5.75 Å². The minimum atomic E-state index is -0.981. The van der Waals surface area contributed by atoms with Crippen molar-refractivity contribution in [2.45, 2.75) is 25.3 Å². The molecule has 0 bridgehead atoms. The third-order valence-electron chi connectivity index (χ3n) is 3.28. The van der Waals surface area contributed by atoms with Gasteiger partial charge in [-0.05, 0) is 24.1 Å². The van der Waals surface area contributed by atoms with Crippen LogP contribution < -0.4 is 0 Å². The Morgan fingerprint density at radius 1 is 1.48 bits per heavy atom. The summed E-state index contributed by atoms with van der Waals surface area (Å²) in [6.07, 6.45) is 0. The molecule has 0 spiro atoms. The molecule has 2 atom stereocenters. The summed E-state index contributed by atoms with van der Waals surface area (Å²) < 4.78 is 0.732. The van der Waals surface area contributed by atoms with Gasteiger partial charge in [-0.1, -0.05) is 41.4 Å². The number of amides is 1. The summed E-state index contributed by atoms with van der Waals surface area (Å²) in [5.41, 5.74) is 0.324. The third kappa shape index (κ3) is 3.38. The normalized spacial score (nSPS) is 21.9. The van der Waals surface area contributed by atoms with Gasteiger partial charge in [0, 0.05) is 10.2 Å². The van der Waals surface area contributed by atoms with Crippen LogP contribution in [-0.4, -0.2) is 39.1 Å². The highest BCUT2D eigenvalue weighted by Crippen LogP contribution is 2.36. The van der Waals surface area contributed by atoms with Crippen molar-refractivity contribution in [1.82, 2.24) is 4.90 Å². The number of aliphatic carboxylic acids is 1. The monoisotopic (exact) mass is 391 g/mol. The average molecular weight is 393 g/mol. The Kier molecular flexibility index (Phi) is 5.22. The maximum atomic E-state index is 12.8. The first-order chi connectivity index (χ1) is 9.82. The summed E-state index contributed by atoms with van der Waals surface area (Å²) in [5.74, 6) is -0.757. The molecule has 7 heteroatoms. The van der Waals surface area contributed by atoms with Gasteiger partial charge < -0.3 is 10.0 Å². The van der Waals surface area contributed by atoms with Crippen LogP contribution in [0, 0.1) is 5.92 Å². The van der Waals surface area contributed by atoms with Crippen molar-refractivity contribution in [1.29, 1.82) is 0 Å². The molecule has 1 aliphatic heterocycles. The molecule has 0 aliphatic carbocycles. The summed E-state index contributed by atoms with van der Waals surface area (Å²) >= 11 is 10.9. The van der Waals surface area contributed by atoms with Gasteiger partial charge in [-0.25, -0.2) is 4.79 Å². The summed E-state index contributed by atoms with van der Waals surface area (Å²) in [6, 6.07) is 4.18. The van der Waals surface area contributed by atoms with Gasteiger partial charge in [0.2, 0.25) is 0 Å². The van der Waals surface area contributed by atoms with E-state index in [4.69, 9.17) is 11.6 Å². The largest absolute Gasteiger partial charge is 0.480 e. The number of rotatable bonds is 3. The topological polar surface area (TPSA) is 57.6 Å². The second kappa shape index (κ2) is 6.58. The summed E-state index contributed by atoms with van der Waals surface area (Å²) in [4.78, 5) is 25.7. The molecule has 4 nitrogen and oxygen atoms in total. The molecular formula is C14H15BrClNO3S. The fourth-order valence-electron chi connectivity index (χ4n) is 2.29. The molecular weight excluding hydrogens is 378 g/mol. The number of benzene rings is 1. The molecule has 1 aliphatic rings. The van der Waals surface area contributed by atoms with Gasteiger partial charge in [-0.2, -0.15) is 0 Å². The molecule has 1 heterocycles. The highest BCUT2D eigenvalue weighted by atomic mass is 79.9. The highest BCUT2D eigenvalue weighted by molar-refractivity contribution is 9.10. The van der Waals surface area contributed by atoms with Crippen LogP contribution in [0.2, 0.25) is 5.02 Å². The first-order valence-corrected chi connectivity index (χ1v) is 8.67. The predicted octanol–water partition coefficient (Wildman–Crippen LogP) is 3.73. The van der Waals surface area contributed by atoms with Crippen molar-refractivity contribution in [3.05, 3.63) is 33.3 Å². The fraction of sp³-hybridized carbons (Fsp3) is 0.429. The Labute approximate surface area is 141 Å². The number of hydrogen-bond donors (Lipinski definition) is 1. The molecule has 1 aromatic carbocycles. The molecule has 1 aromatic rings. The van der Waals surface area contributed by atoms with E-state index < -0.39 is 12.0 Å². The Morgan fingerprint density at radius 3 is 2.71 bits per heavy atom. The molecule has 1 saturated heterocycles. The van der Waals surface area contributed by atoms with Gasteiger partial charge >= 0.3 is 5.97 Å². The van der Waals surface area contributed by atoms with Crippen LogP contribution in [0.1, 0.15) is 24.2 Å². The SMILES string of the molecule is CC(C)C1SCC(C(=O)O)N1C(=O)c1cc(Br)ccc1Cl. The van der Waals surface area contributed by atoms with Gasteiger partial charge in [-0.3, -0.25) is 4.79 Å². The molecule has 21 heavy (non-hydrogen) atoms. The van der Waals surface area contributed by atoms with Gasteiger partial charge in [0.25, 0.3) is 5.91 Å². The molecule has 1 N–H and O–H groups in total. The van der Waals surface area contributed by atoms with Gasteiger partial charge in [0.05, 0.1) is 16.0 Å². The second-order valence-corrected chi connectivity index (χ2v) is 7.63. The lowest BCUT2D eigenvalue weighted by atomic mass is 10.1. The van der Waals surface area contributed by atoms with E-state index in [2.05, 4.69) is 15.9 Å². The fourth-order valence-corrected chi connectivity index (χ4v) is 4.32. The number of carboxylic acid groups (broad SMARTS) is 1. The standard InChI is InChI=1S/C14H15BrClNO3S/c1-7(2)13-17(11(6-21-13)14(19)20)12(18)9-5-8(15)3-4-10(9)16/h3-5,7,11,13H,6H2,1-2H3,(H,19,20). The Morgan fingerprint density at radius 2 is 2.14 bits per heavy atom. The van der Waals surface area contributed by atoms with Gasteiger partial charge in [0.1, 0.15) is 6.04 Å². The predicted molar refractivity (Wildman–Crippen MR) is 87.8 cm³/mol. The van der Waals surface area contributed by atoms with E-state index in [9.17, 15) is 14.7 Å². The smallest absolute Gasteiger partial charge is 0.327 e. The molecule has 114 valence electrons. The number of thioether (sulfide) groups is 1. The molecule has 0 radical (unpaired) electrons. The van der Waals surface area contributed by atoms with Gasteiger partial charge in [-0.15, -0.1) is 11.8 Å². The van der Waals surface area contributed by atoms with Crippen LogP contribution in [0.15, 0.2) is 22.7 Å². The highest BCUT2D eigenvalue weighted by Gasteiger charge is 2.43. The lowest BCUT2D eigenvalue weighted by molar-refractivity contribution is -0.141. The van der Waals surface area contributed by atoms with Crippen molar-refractivity contribution in [2.24, 2.45) is 5.92 Å². The van der Waals surface area contributed by atoms with E-state index in [1.807, 2.05) is 13.8 Å². The van der Waals surface area contributed by atoms with Crippen LogP contribution in [0.5, 0.6) is 0 Å². The maximum Gasteiger partial charge on any atom is 0.327 e. The van der Waals surface area contributed by atoms with Crippen LogP contribution in [0.4, 0.5) is 0 Å². The molecule has 2 unspecified atom stereocenters. The lowest BCUT2D eigenvalue weighted by Crippen LogP contribution is -2.47. The Hall–Kier alpha value is -0.720. The number of carbonyl (C=O) groups is 2. The van der Waals surface area contributed by atoms with Crippen molar-refractivity contribution >= 4 is 51.2 Å². The van der Waals surface area contributed by atoms with E-state index in [0.29, 0.717) is 16.3 Å². The zero-order chi connectivity index (χ0) is 15.7. The molecule has 0 saturated carbocycles. The maximum absolute atomic E-state index is 12.8. The van der Waals surface area contributed by atoms with E-state index in [-0.39, 0.29) is 17.2 Å². The molecule has 2 rings (SSSR count). The zero-order valence-corrected chi connectivity index (χ0v) is 14.7. The van der Waals surface area contributed by atoms with E-state index in [0.717, 1.165) is 4.47 Å². The van der Waals surface area contributed by atoms with Crippen LogP contribution in [0.25, 0.3) is 0 Å². The van der Waals surface area contributed by atoms with Gasteiger partial charge in [0.15, 0.2) is 0 Å². The van der Waals surface area contributed by atoms with Crippen LogP contribution in [0.3, 0.4) is 0 Å². The number of nitrogens with zero attached hydrogens (tertiary/aromatic N) is 1. The minimum Gasteiger partial charge on any atom is -0.480 e. The minimum absolute atomic E-state index is 0.159. The van der Waals surface area contributed by atoms with Crippen molar-refractivity contribution in [3.8, 4) is 0 Å². The quantitative estimate of drug-likeness (QED) is 0.851. The van der Waals surface area contributed by atoms with Crippen LogP contribution in [-0.2, 0) is 4.79 Å². The molecule has 1 amide bonds. The summed E-state index contributed by atoms with van der Waals surface area (Å²) in [5, 5.41) is 9.52. The lowest BCUT2D eigenvalue weighted by Gasteiger charge is -2.30. The third-order valence-corrected chi connectivity index (χ3v) is 5.73. The average Bonchev–Trinajstić information content (AvgIpc) is 2.85. The molecule has 0 aromatic heterocycles. The number of hydrogen-bond acceptors (Lipinski definition) is 3. The van der Waals surface area contributed by atoms with Crippen molar-refractivity contribution < 1.29 is 14.7 Å². The van der Waals surface area contributed by atoms with E-state index in [1.165, 1.54) is 16.7 Å². The van der Waals surface area contributed by atoms with Crippen LogP contribution >= 0.6 is 39.3 Å². The summed E-state index contributed by atoms with van der Waals surface area (Å²) in [7, 11) is 0. The number of halogens is 2. The second-order valence-electron chi connectivity index (χ2n) is 5.16.